The van der Waals surface area contributed by atoms with Crippen LogP contribution in [0.2, 0.25) is 0 Å². The number of amides is 1. The molecule has 1 heterocycles. The van der Waals surface area contributed by atoms with Crippen molar-refractivity contribution in [1.82, 2.24) is 4.98 Å². The highest BCUT2D eigenvalue weighted by Crippen LogP contribution is 2.42. The molecule has 20 heavy (non-hydrogen) atoms. The summed E-state index contributed by atoms with van der Waals surface area (Å²) in [6.07, 6.45) is 5.72. The van der Waals surface area contributed by atoms with Crippen molar-refractivity contribution in [3.8, 4) is 0 Å². The number of hydrogen-bond acceptors (Lipinski definition) is 3. The Labute approximate surface area is 130 Å². The molecule has 1 aromatic carbocycles. The van der Waals surface area contributed by atoms with Crippen LogP contribution in [0.15, 0.2) is 40.3 Å². The Morgan fingerprint density at radius 3 is 2.55 bits per heavy atom. The van der Waals surface area contributed by atoms with E-state index in [2.05, 4.69) is 38.4 Å². The predicted molar refractivity (Wildman–Crippen MR) is 85.0 cm³/mol. The second-order valence-corrected chi connectivity index (χ2v) is 6.90. The number of anilines is 1. The summed E-state index contributed by atoms with van der Waals surface area (Å²) in [6, 6.07) is 8.12. The number of rotatable bonds is 3. The smallest absolute Gasteiger partial charge is 0.236 e. The molecule has 0 aliphatic heterocycles. The molecule has 1 aliphatic carbocycles. The molecular weight excluding hydrogens is 336 g/mol. The molecule has 1 N–H and O–H groups in total. The topological polar surface area (TPSA) is 42.0 Å². The minimum Gasteiger partial charge on any atom is -0.301 e. The Balaban J connectivity index is 1.91. The highest BCUT2D eigenvalue weighted by atomic mass is 79.9. The number of nitrogens with one attached hydrogen (secondary N) is 1. The molecule has 3 nitrogen and oxygen atoms in total. The summed E-state index contributed by atoms with van der Waals surface area (Å²) in [5.41, 5.74) is 0.707. The van der Waals surface area contributed by atoms with Crippen LogP contribution in [-0.4, -0.2) is 10.9 Å². The third-order valence-corrected chi connectivity index (χ3v) is 5.16. The van der Waals surface area contributed by atoms with Crippen molar-refractivity contribution < 1.29 is 4.79 Å². The Kier molecular flexibility index (Phi) is 3.89. The largest absolute Gasteiger partial charge is 0.301 e. The molecule has 1 aromatic heterocycles. The fourth-order valence-corrected chi connectivity index (χ4v) is 3.68. The van der Waals surface area contributed by atoms with Crippen LogP contribution in [0.1, 0.15) is 31.2 Å². The van der Waals surface area contributed by atoms with Crippen molar-refractivity contribution in [2.75, 3.05) is 5.32 Å². The summed E-state index contributed by atoms with van der Waals surface area (Å²) in [4.78, 5) is 16.9. The molecular formula is C15H15BrN2OS. The van der Waals surface area contributed by atoms with Gasteiger partial charge in [0, 0.05) is 16.0 Å². The number of benzene rings is 1. The number of hydrogen-bond donors (Lipinski definition) is 1. The maximum absolute atomic E-state index is 12.8. The second kappa shape index (κ2) is 5.66. The minimum absolute atomic E-state index is 0.0762. The Morgan fingerprint density at radius 2 is 1.95 bits per heavy atom. The molecule has 1 aliphatic rings. The van der Waals surface area contributed by atoms with Gasteiger partial charge >= 0.3 is 0 Å². The van der Waals surface area contributed by atoms with Gasteiger partial charge in [0.25, 0.3) is 0 Å². The fourth-order valence-electron chi connectivity index (χ4n) is 2.90. The third-order valence-electron chi connectivity index (χ3n) is 3.94. The van der Waals surface area contributed by atoms with E-state index in [1.807, 2.05) is 17.5 Å². The van der Waals surface area contributed by atoms with Gasteiger partial charge in [-0.2, -0.15) is 0 Å². The van der Waals surface area contributed by atoms with Crippen molar-refractivity contribution in [1.29, 1.82) is 0 Å². The van der Waals surface area contributed by atoms with Crippen LogP contribution in [0.5, 0.6) is 0 Å². The SMILES string of the molecule is O=C(Nc1nccs1)C1(c2ccc(Br)cc2)CCCC1. The first-order chi connectivity index (χ1) is 9.71. The Bertz CT molecular complexity index is 589. The number of thiazole rings is 1. The Morgan fingerprint density at radius 1 is 1.25 bits per heavy atom. The lowest BCUT2D eigenvalue weighted by Gasteiger charge is -2.27. The van der Waals surface area contributed by atoms with Crippen molar-refractivity contribution in [2.45, 2.75) is 31.1 Å². The van der Waals surface area contributed by atoms with Gasteiger partial charge in [0.1, 0.15) is 0 Å². The van der Waals surface area contributed by atoms with Crippen LogP contribution >= 0.6 is 27.3 Å². The van der Waals surface area contributed by atoms with Gasteiger partial charge in [0.15, 0.2) is 5.13 Å². The number of carbonyl (C=O) groups is 1. The van der Waals surface area contributed by atoms with Crippen LogP contribution in [0.25, 0.3) is 0 Å². The molecule has 0 atom stereocenters. The molecule has 104 valence electrons. The van der Waals surface area contributed by atoms with Gasteiger partial charge in [-0.15, -0.1) is 11.3 Å². The third kappa shape index (κ3) is 2.52. The van der Waals surface area contributed by atoms with Crippen molar-refractivity contribution in [3.63, 3.8) is 0 Å². The lowest BCUT2D eigenvalue weighted by molar-refractivity contribution is -0.121. The monoisotopic (exact) mass is 350 g/mol. The summed E-state index contributed by atoms with van der Waals surface area (Å²) in [7, 11) is 0. The van der Waals surface area contributed by atoms with Crippen molar-refractivity contribution in [3.05, 3.63) is 45.9 Å². The van der Waals surface area contributed by atoms with Crippen molar-refractivity contribution >= 4 is 38.3 Å². The van der Waals surface area contributed by atoms with Crippen LogP contribution in [0, 0.1) is 0 Å². The van der Waals surface area contributed by atoms with E-state index >= 15 is 0 Å². The van der Waals surface area contributed by atoms with Crippen LogP contribution in [0.3, 0.4) is 0 Å². The number of nitrogens with zero attached hydrogens (tertiary/aromatic N) is 1. The van der Waals surface area contributed by atoms with Gasteiger partial charge in [-0.1, -0.05) is 40.9 Å². The molecule has 1 saturated carbocycles. The fraction of sp³-hybridized carbons (Fsp3) is 0.333. The molecule has 0 saturated heterocycles. The van der Waals surface area contributed by atoms with Gasteiger partial charge in [-0.3, -0.25) is 4.79 Å². The summed E-state index contributed by atoms with van der Waals surface area (Å²) in [5.74, 6) is 0.0762. The summed E-state index contributed by atoms with van der Waals surface area (Å²) >= 11 is 4.90. The van der Waals surface area contributed by atoms with Crippen molar-refractivity contribution in [2.24, 2.45) is 0 Å². The summed E-state index contributed by atoms with van der Waals surface area (Å²) in [6.45, 7) is 0. The quantitative estimate of drug-likeness (QED) is 0.893. The minimum atomic E-state index is -0.396. The van der Waals surface area contributed by atoms with E-state index < -0.39 is 5.41 Å². The van der Waals surface area contributed by atoms with Gasteiger partial charge in [0.05, 0.1) is 5.41 Å². The first-order valence-electron chi connectivity index (χ1n) is 6.68. The zero-order valence-electron chi connectivity index (χ0n) is 10.9. The average molecular weight is 351 g/mol. The maximum Gasteiger partial charge on any atom is 0.236 e. The first-order valence-corrected chi connectivity index (χ1v) is 8.35. The van der Waals surface area contributed by atoms with E-state index in [0.717, 1.165) is 35.7 Å². The molecule has 1 fully saturated rings. The zero-order chi connectivity index (χ0) is 14.0. The predicted octanol–water partition coefficient (Wildman–Crippen LogP) is 4.36. The number of aromatic nitrogens is 1. The van der Waals surface area contributed by atoms with E-state index in [0.29, 0.717) is 5.13 Å². The molecule has 0 spiro atoms. The van der Waals surface area contributed by atoms with Crippen LogP contribution in [0.4, 0.5) is 5.13 Å². The number of halogens is 1. The van der Waals surface area contributed by atoms with Gasteiger partial charge < -0.3 is 5.32 Å². The van der Waals surface area contributed by atoms with E-state index in [1.54, 1.807) is 6.20 Å². The standard InChI is InChI=1S/C15H15BrN2OS/c16-12-5-3-11(4-6-12)15(7-1-2-8-15)13(19)18-14-17-9-10-20-14/h3-6,9-10H,1-2,7-8H2,(H,17,18,19). The van der Waals surface area contributed by atoms with E-state index in [1.165, 1.54) is 11.3 Å². The Hall–Kier alpha value is -1.20. The van der Waals surface area contributed by atoms with Gasteiger partial charge in [-0.05, 0) is 30.5 Å². The molecule has 3 rings (SSSR count). The summed E-state index contributed by atoms with van der Waals surface area (Å²) < 4.78 is 1.04. The lowest BCUT2D eigenvalue weighted by Crippen LogP contribution is -2.37. The highest BCUT2D eigenvalue weighted by molar-refractivity contribution is 9.10. The molecule has 1 amide bonds. The zero-order valence-corrected chi connectivity index (χ0v) is 13.3. The first kappa shape index (κ1) is 13.8. The molecule has 0 bridgehead atoms. The highest BCUT2D eigenvalue weighted by Gasteiger charge is 2.42. The summed E-state index contributed by atoms with van der Waals surface area (Å²) in [5, 5.41) is 5.53. The molecule has 2 aromatic rings. The maximum atomic E-state index is 12.8. The average Bonchev–Trinajstić information content (AvgIpc) is 3.10. The molecule has 0 unspecified atom stereocenters. The van der Waals surface area contributed by atoms with Gasteiger partial charge in [-0.25, -0.2) is 4.98 Å². The van der Waals surface area contributed by atoms with E-state index in [-0.39, 0.29) is 5.91 Å². The number of carbonyl (C=O) groups excluding carboxylic acids is 1. The van der Waals surface area contributed by atoms with Crippen LogP contribution in [-0.2, 0) is 10.2 Å². The molecule has 0 radical (unpaired) electrons. The van der Waals surface area contributed by atoms with Crippen LogP contribution < -0.4 is 5.32 Å². The van der Waals surface area contributed by atoms with E-state index in [4.69, 9.17) is 0 Å². The van der Waals surface area contributed by atoms with Gasteiger partial charge in [0.2, 0.25) is 5.91 Å². The molecule has 5 heteroatoms. The normalized spacial score (nSPS) is 17.1. The lowest BCUT2D eigenvalue weighted by atomic mass is 9.78. The van der Waals surface area contributed by atoms with E-state index in [9.17, 15) is 4.79 Å². The second-order valence-electron chi connectivity index (χ2n) is 5.09.